The molecule has 4 aliphatic rings. The lowest BCUT2D eigenvalue weighted by Crippen LogP contribution is -2.55. The van der Waals surface area contributed by atoms with E-state index in [2.05, 4.69) is 10.6 Å². The number of carboxylic acid groups (broad SMARTS) is 2. The summed E-state index contributed by atoms with van der Waals surface area (Å²) < 4.78 is 41.6. The Labute approximate surface area is 561 Å². The Morgan fingerprint density at radius 1 is 0.874 bits per heavy atom. The predicted molar refractivity (Wildman–Crippen MR) is 349 cm³/mol. The number of aliphatic carboxylic acids is 2. The normalized spacial score (nSPS) is 31.6. The summed E-state index contributed by atoms with van der Waals surface area (Å²) in [4.78, 5) is 148. The van der Waals surface area contributed by atoms with Gasteiger partial charge in [0.05, 0.1) is 30.7 Å². The third kappa shape index (κ3) is 25.3. The summed E-state index contributed by atoms with van der Waals surface area (Å²) in [6.45, 7) is 11.9. The molecule has 3 aliphatic heterocycles. The van der Waals surface area contributed by atoms with Crippen molar-refractivity contribution in [3.63, 3.8) is 0 Å². The Hall–Kier alpha value is -6.20. The number of allylic oxidation sites excluding steroid dienone is 6. The van der Waals surface area contributed by atoms with E-state index in [1.807, 2.05) is 58.1 Å². The van der Waals surface area contributed by atoms with Crippen LogP contribution in [0.5, 0.6) is 0 Å². The molecule has 3 fully saturated rings. The zero-order chi connectivity index (χ0) is 70.9. The number of ketones is 3. The Balaban J connectivity index is 1.54. The molecule has 0 spiro atoms. The van der Waals surface area contributed by atoms with E-state index in [9.17, 15) is 63.0 Å². The van der Waals surface area contributed by atoms with E-state index in [0.29, 0.717) is 63.4 Å². The largest absolute Gasteiger partial charge is 0.480 e. The van der Waals surface area contributed by atoms with Gasteiger partial charge in [0.15, 0.2) is 5.78 Å². The maximum atomic E-state index is 14.7. The highest BCUT2D eigenvalue weighted by Crippen LogP contribution is 2.37. The van der Waals surface area contributed by atoms with Crippen LogP contribution in [0.4, 0.5) is 0 Å². The first-order valence-electron chi connectivity index (χ1n) is 32.9. The second kappa shape index (κ2) is 39.9. The summed E-state index contributed by atoms with van der Waals surface area (Å²) in [7, 11) is 4.39. The van der Waals surface area contributed by atoms with Gasteiger partial charge in [-0.25, -0.2) is 4.79 Å². The molecule has 3 heterocycles. The lowest BCUT2D eigenvalue weighted by atomic mass is 9.78. The summed E-state index contributed by atoms with van der Waals surface area (Å²) in [5.74, 6) is -12.2. The molecule has 1 saturated carbocycles. The molecule has 8 N–H and O–H groups in total. The number of hydrogen-bond acceptors (Lipinski definition) is 22. The summed E-state index contributed by atoms with van der Waals surface area (Å²) in [6, 6.07) is -3.85. The Morgan fingerprint density at radius 3 is 2.24 bits per heavy atom. The zero-order valence-corrected chi connectivity index (χ0v) is 57.8. The first kappa shape index (κ1) is 81.2. The maximum absolute atomic E-state index is 14.7. The van der Waals surface area contributed by atoms with Gasteiger partial charge in [-0.3, -0.25) is 47.9 Å². The maximum Gasteiger partial charge on any atom is 0.329 e. The molecule has 1 aliphatic carbocycles. The lowest BCUT2D eigenvalue weighted by Gasteiger charge is -2.39. The number of nitrogens with one attached hydrogen (secondary N) is 2. The number of fused-ring (bicyclic) bond motifs is 3. The fraction of sp³-hybridized carbons (Fsp3) is 0.721. The van der Waals surface area contributed by atoms with Crippen LogP contribution in [0.2, 0.25) is 0 Å². The van der Waals surface area contributed by atoms with E-state index in [4.69, 9.17) is 49.1 Å². The van der Waals surface area contributed by atoms with Gasteiger partial charge in [0.1, 0.15) is 73.0 Å². The van der Waals surface area contributed by atoms with Crippen LogP contribution in [-0.2, 0) is 85.9 Å². The average molecular weight is 1360 g/mol. The van der Waals surface area contributed by atoms with Crippen LogP contribution >= 0.6 is 11.8 Å². The summed E-state index contributed by atoms with van der Waals surface area (Å²) in [5.41, 5.74) is 4.95. The van der Waals surface area contributed by atoms with Crippen molar-refractivity contribution in [2.75, 3.05) is 59.1 Å². The van der Waals surface area contributed by atoms with Crippen LogP contribution in [0.3, 0.4) is 0 Å². The van der Waals surface area contributed by atoms with E-state index in [0.717, 1.165) is 17.3 Å². The van der Waals surface area contributed by atoms with E-state index in [-0.39, 0.29) is 79.8 Å². The number of thioether (sulfide) groups is 1. The van der Waals surface area contributed by atoms with Crippen molar-refractivity contribution in [2.45, 2.75) is 212 Å². The number of hydrogen-bond donors (Lipinski definition) is 7. The van der Waals surface area contributed by atoms with Gasteiger partial charge in [-0.2, -0.15) is 0 Å². The number of esters is 3. The molecule has 26 nitrogen and oxygen atoms in total. The van der Waals surface area contributed by atoms with Gasteiger partial charge < -0.3 is 74.9 Å². The average Bonchev–Trinajstić information content (AvgIpc) is 0.901. The fourth-order valence-electron chi connectivity index (χ4n) is 12.3. The van der Waals surface area contributed by atoms with Gasteiger partial charge in [0.25, 0.3) is 5.91 Å². The summed E-state index contributed by atoms with van der Waals surface area (Å²) >= 11 is 0.826. The number of ether oxygens (including phenoxy) is 7. The van der Waals surface area contributed by atoms with E-state index < -0.39 is 163 Å². The first-order chi connectivity index (χ1) is 44.9. The number of piperidine rings is 1. The molecule has 0 aromatic rings. The van der Waals surface area contributed by atoms with Crippen LogP contribution in [-0.4, -0.2) is 216 Å². The molecule has 0 radical (unpaired) electrons. The van der Waals surface area contributed by atoms with Crippen molar-refractivity contribution >= 4 is 76.7 Å². The molecule has 95 heavy (non-hydrogen) atoms. The standard InChI is InChI=1S/C68H104N4O22S/c1-38-17-13-12-14-18-39(2)52(88-9)31-46-22-20-40(3)61(92-46)60(81)64(83)72-26-16-15-19-49(72)66(86)93-53(32-50(74)41(4)28-44(7)59(80)62(90-11)58(79)43(6)27-38)42(5)29-45-21-24-51(54(30-45)89-10)94-67(87)68(8,36-73)37-91-57(78)35-95-34-48(63(82)70-33-56(76)77)71-55(75)25-23-47(69)65(84)85/h12-14,17-18,28,38,40-43,45-49,51-54,59,61-62,73,80H,15-16,19-27,29-37,69H2,1-11H3,(H,70,82)(H,71,75)(H,76,77)(H,84,85)/b14-12+,17-13-,39-18+,44-28+/t38-,40+,41+,42+,43+,45-,46-,47-,48-,49-,51+,52-,53?,54+,59+,61+,62-,68?/m0/s1. The number of methoxy groups -OCH3 is 3. The topological polar surface area (TPSA) is 387 Å². The fourth-order valence-corrected chi connectivity index (χ4v) is 13.2. The van der Waals surface area contributed by atoms with E-state index >= 15 is 0 Å². The number of nitrogens with two attached hydrogens (primary N) is 1. The molecular formula is C68H104N4O22S. The van der Waals surface area contributed by atoms with Gasteiger partial charge >= 0.3 is 29.8 Å². The smallest absolute Gasteiger partial charge is 0.329 e. The van der Waals surface area contributed by atoms with Gasteiger partial charge in [0, 0.05) is 64.7 Å². The minimum absolute atomic E-state index is 0.0231. The van der Waals surface area contributed by atoms with Gasteiger partial charge in [-0.05, 0) is 126 Å². The van der Waals surface area contributed by atoms with Crippen LogP contribution in [0.15, 0.2) is 47.6 Å². The molecular weight excluding hydrogens is 1260 g/mol. The molecule has 2 bridgehead atoms. The number of aliphatic hydroxyl groups excluding tert-OH is 2. The number of cyclic esters (lactones) is 1. The zero-order valence-electron chi connectivity index (χ0n) is 57.0. The molecule has 2 unspecified atom stereocenters. The number of amides is 3. The minimum atomic E-state index is -1.76. The highest BCUT2D eigenvalue weighted by atomic mass is 32.2. The van der Waals surface area contributed by atoms with Crippen molar-refractivity contribution in [3.05, 3.63) is 47.6 Å². The van der Waals surface area contributed by atoms with Crippen LogP contribution in [0, 0.1) is 40.9 Å². The highest BCUT2D eigenvalue weighted by Gasteiger charge is 2.46. The second-order valence-corrected chi connectivity index (χ2v) is 27.5. The van der Waals surface area contributed by atoms with Crippen molar-refractivity contribution in [1.29, 1.82) is 0 Å². The SMILES string of the molecule is CO[C@H]1C[C@@H]2CC[C@@H](C)[C@@H](O2)C(=O)C(=O)N2CCCC[C@H]2C(=O)OC([C@H](C)C[C@@H]2CC[C@@H](OC(=O)C(C)(CO)COC(=O)CSC[C@H](NC(=O)CC[C@H](N)C(=O)O)C(=O)NCC(=O)O)[C@H](OC)C2)CC(=O)[C@H](C)/C=C(\C)[C@@H](O)[C@@H](OC)C(=O)[C@H](C)C[C@@H](C)\C=C/C=C/C=C/1C. The molecule has 18 atom stereocenters. The molecule has 4 rings (SSSR count). The third-order valence-electron chi connectivity index (χ3n) is 18.5. The Morgan fingerprint density at radius 2 is 1.59 bits per heavy atom. The molecule has 27 heteroatoms. The highest BCUT2D eigenvalue weighted by molar-refractivity contribution is 8.00. The number of carbonyl (C=O) groups is 11. The second-order valence-electron chi connectivity index (χ2n) is 26.4. The third-order valence-corrected chi connectivity index (χ3v) is 19.5. The van der Waals surface area contributed by atoms with Gasteiger partial charge in [0.2, 0.25) is 17.6 Å². The van der Waals surface area contributed by atoms with Gasteiger partial charge in [-0.15, -0.1) is 11.8 Å². The van der Waals surface area contributed by atoms with Crippen LogP contribution < -0.4 is 16.4 Å². The number of carboxylic acids is 2. The van der Waals surface area contributed by atoms with Crippen LogP contribution in [0.1, 0.15) is 145 Å². The van der Waals surface area contributed by atoms with Crippen molar-refractivity contribution < 1.29 is 106 Å². The van der Waals surface area contributed by atoms with Crippen LogP contribution in [0.25, 0.3) is 0 Å². The number of aliphatic hydroxyl groups is 2. The molecule has 3 amide bonds. The van der Waals surface area contributed by atoms with E-state index in [1.165, 1.54) is 26.0 Å². The molecule has 2 saturated heterocycles. The van der Waals surface area contributed by atoms with Crippen molar-refractivity contribution in [3.8, 4) is 0 Å². The van der Waals surface area contributed by atoms with Gasteiger partial charge in [-0.1, -0.05) is 71.1 Å². The number of carbonyl (C=O) groups excluding carboxylic acids is 9. The molecule has 0 aromatic carbocycles. The summed E-state index contributed by atoms with van der Waals surface area (Å²) in [6.07, 6.45) is 8.06. The first-order valence-corrected chi connectivity index (χ1v) is 34.1. The Kier molecular flexibility index (Phi) is 34.1. The van der Waals surface area contributed by atoms with E-state index in [1.54, 1.807) is 34.0 Å². The summed E-state index contributed by atoms with van der Waals surface area (Å²) in [5, 5.41) is 44.7. The quantitative estimate of drug-likeness (QED) is 0.0319. The predicted octanol–water partition coefficient (Wildman–Crippen LogP) is 4.56. The molecule has 0 aromatic heterocycles. The number of Topliss-reactive ketones (excluding diaryl/α,β-unsaturated/α-hetero) is 3. The number of rotatable bonds is 23. The lowest BCUT2D eigenvalue weighted by molar-refractivity contribution is -0.179. The minimum Gasteiger partial charge on any atom is -0.480 e. The molecule has 534 valence electrons. The van der Waals surface area contributed by atoms with Crippen molar-refractivity contribution in [1.82, 2.24) is 15.5 Å². The monoisotopic (exact) mass is 1360 g/mol. The number of nitrogens with zero attached hydrogens (tertiary/aromatic N) is 1. The van der Waals surface area contributed by atoms with Crippen molar-refractivity contribution in [2.24, 2.45) is 46.7 Å². The Bertz CT molecular complexity index is 2770.